The third-order valence-corrected chi connectivity index (χ3v) is 7.15. The monoisotopic (exact) mass is 467 g/mol. The van der Waals surface area contributed by atoms with Gasteiger partial charge in [-0.2, -0.15) is 4.72 Å². The van der Waals surface area contributed by atoms with Gasteiger partial charge in [0, 0.05) is 32.7 Å². The van der Waals surface area contributed by atoms with Crippen molar-refractivity contribution in [3.05, 3.63) is 102 Å². The van der Waals surface area contributed by atoms with Crippen LogP contribution in [-0.2, 0) is 21.4 Å². The zero-order valence-corrected chi connectivity index (χ0v) is 18.9. The van der Waals surface area contributed by atoms with Crippen molar-refractivity contribution in [1.82, 2.24) is 14.5 Å². The maximum absolute atomic E-state index is 13.4. The largest absolute Gasteiger partial charge is 0.338 e. The summed E-state index contributed by atoms with van der Waals surface area (Å²) in [5.74, 6) is -0.541. The van der Waals surface area contributed by atoms with E-state index in [1.807, 2.05) is 6.07 Å². The first kappa shape index (κ1) is 23.1. The minimum absolute atomic E-state index is 0.114. The van der Waals surface area contributed by atoms with E-state index < -0.39 is 16.1 Å². The molecule has 0 bridgehead atoms. The number of nitrogens with zero attached hydrogens (tertiary/aromatic N) is 2. The van der Waals surface area contributed by atoms with Crippen LogP contribution in [0.3, 0.4) is 0 Å². The highest BCUT2D eigenvalue weighted by Gasteiger charge is 2.32. The van der Waals surface area contributed by atoms with E-state index >= 15 is 0 Å². The van der Waals surface area contributed by atoms with Crippen molar-refractivity contribution in [1.29, 1.82) is 0 Å². The number of benzene rings is 3. The average Bonchev–Trinajstić information content (AvgIpc) is 2.85. The first-order valence-corrected chi connectivity index (χ1v) is 12.3. The highest BCUT2D eigenvalue weighted by molar-refractivity contribution is 7.89. The number of halogens is 1. The van der Waals surface area contributed by atoms with Gasteiger partial charge in [0.25, 0.3) is 0 Å². The number of carbonyl (C=O) groups is 1. The van der Waals surface area contributed by atoms with Gasteiger partial charge in [-0.05, 0) is 35.4 Å². The number of hydrogen-bond acceptors (Lipinski definition) is 4. The maximum Gasteiger partial charge on any atom is 0.245 e. The number of piperazine rings is 1. The smallest absolute Gasteiger partial charge is 0.245 e. The van der Waals surface area contributed by atoms with Crippen LogP contribution in [0, 0.1) is 5.82 Å². The fourth-order valence-electron chi connectivity index (χ4n) is 3.89. The van der Waals surface area contributed by atoms with E-state index in [-0.39, 0.29) is 16.6 Å². The van der Waals surface area contributed by atoms with Crippen LogP contribution >= 0.6 is 0 Å². The fraction of sp³-hybridized carbons (Fsp3) is 0.240. The Kier molecular flexibility index (Phi) is 7.17. The van der Waals surface area contributed by atoms with Gasteiger partial charge in [-0.15, -0.1) is 0 Å². The molecular weight excluding hydrogens is 441 g/mol. The minimum atomic E-state index is -3.88. The lowest BCUT2D eigenvalue weighted by Gasteiger charge is -2.36. The number of sulfonamides is 1. The Morgan fingerprint density at radius 2 is 1.42 bits per heavy atom. The molecule has 0 spiro atoms. The molecule has 172 valence electrons. The summed E-state index contributed by atoms with van der Waals surface area (Å²) < 4.78 is 41.7. The van der Waals surface area contributed by atoms with E-state index in [4.69, 9.17) is 0 Å². The molecule has 3 aromatic rings. The van der Waals surface area contributed by atoms with Gasteiger partial charge in [0.2, 0.25) is 15.9 Å². The first-order valence-electron chi connectivity index (χ1n) is 10.8. The highest BCUT2D eigenvalue weighted by Crippen LogP contribution is 2.21. The molecule has 0 radical (unpaired) electrons. The van der Waals surface area contributed by atoms with E-state index in [9.17, 15) is 17.6 Å². The summed E-state index contributed by atoms with van der Waals surface area (Å²) in [6.45, 7) is 2.93. The predicted octanol–water partition coefficient (Wildman–Crippen LogP) is 3.19. The third kappa shape index (κ3) is 5.84. The van der Waals surface area contributed by atoms with E-state index in [1.54, 1.807) is 59.5 Å². The van der Waals surface area contributed by atoms with Crippen molar-refractivity contribution >= 4 is 15.9 Å². The summed E-state index contributed by atoms with van der Waals surface area (Å²) in [5.41, 5.74) is 1.60. The molecule has 3 aromatic carbocycles. The molecule has 1 amide bonds. The molecular formula is C25H26FN3O3S. The van der Waals surface area contributed by atoms with Crippen LogP contribution in [0.5, 0.6) is 0 Å². The zero-order chi connectivity index (χ0) is 23.3. The van der Waals surface area contributed by atoms with E-state index in [0.29, 0.717) is 38.3 Å². The Hall–Kier alpha value is -3.07. The van der Waals surface area contributed by atoms with Crippen LogP contribution in [0.2, 0.25) is 0 Å². The Morgan fingerprint density at radius 3 is 2.03 bits per heavy atom. The van der Waals surface area contributed by atoms with Crippen LogP contribution in [0.1, 0.15) is 17.2 Å². The second-order valence-corrected chi connectivity index (χ2v) is 9.72. The molecule has 1 heterocycles. The molecule has 6 nitrogen and oxygen atoms in total. The molecule has 4 rings (SSSR count). The number of amides is 1. The Labute approximate surface area is 193 Å². The van der Waals surface area contributed by atoms with Crippen LogP contribution in [0.4, 0.5) is 4.39 Å². The lowest BCUT2D eigenvalue weighted by Crippen LogP contribution is -2.51. The summed E-state index contributed by atoms with van der Waals surface area (Å²) in [6, 6.07) is 22.3. The topological polar surface area (TPSA) is 69.7 Å². The van der Waals surface area contributed by atoms with Crippen LogP contribution in [0.15, 0.2) is 89.8 Å². The van der Waals surface area contributed by atoms with Crippen LogP contribution < -0.4 is 4.72 Å². The van der Waals surface area contributed by atoms with E-state index in [0.717, 1.165) is 5.56 Å². The third-order valence-electron chi connectivity index (χ3n) is 5.71. The molecule has 33 heavy (non-hydrogen) atoms. The van der Waals surface area contributed by atoms with Crippen LogP contribution in [0.25, 0.3) is 0 Å². The molecule has 8 heteroatoms. The summed E-state index contributed by atoms with van der Waals surface area (Å²) in [7, 11) is -3.88. The fourth-order valence-corrected chi connectivity index (χ4v) is 5.09. The second-order valence-electron chi connectivity index (χ2n) is 8.01. The maximum atomic E-state index is 13.4. The molecule has 1 aliphatic rings. The first-order chi connectivity index (χ1) is 15.9. The summed E-state index contributed by atoms with van der Waals surface area (Å²) in [5, 5.41) is 0. The number of nitrogens with one attached hydrogen (secondary N) is 1. The van der Waals surface area contributed by atoms with Gasteiger partial charge in [0.05, 0.1) is 4.90 Å². The molecule has 1 fully saturated rings. The Bertz CT molecular complexity index is 1160. The van der Waals surface area contributed by atoms with Gasteiger partial charge in [0.1, 0.15) is 11.9 Å². The number of rotatable bonds is 7. The average molecular weight is 468 g/mol. The summed E-state index contributed by atoms with van der Waals surface area (Å²) >= 11 is 0. The number of hydrogen-bond donors (Lipinski definition) is 1. The van der Waals surface area contributed by atoms with Gasteiger partial charge in [-0.1, -0.05) is 60.7 Å². The Morgan fingerprint density at radius 1 is 0.848 bits per heavy atom. The second kappa shape index (κ2) is 10.2. The normalized spacial score (nSPS) is 15.8. The highest BCUT2D eigenvalue weighted by atomic mass is 32.2. The number of carbonyl (C=O) groups excluding carboxylic acids is 1. The molecule has 1 unspecified atom stereocenters. The van der Waals surface area contributed by atoms with E-state index in [2.05, 4.69) is 9.62 Å². The minimum Gasteiger partial charge on any atom is -0.338 e. The predicted molar refractivity (Wildman–Crippen MR) is 124 cm³/mol. The zero-order valence-electron chi connectivity index (χ0n) is 18.1. The van der Waals surface area contributed by atoms with E-state index in [1.165, 1.54) is 24.3 Å². The molecule has 0 aliphatic carbocycles. The van der Waals surface area contributed by atoms with Gasteiger partial charge >= 0.3 is 0 Å². The van der Waals surface area contributed by atoms with Gasteiger partial charge in [0.15, 0.2) is 0 Å². The van der Waals surface area contributed by atoms with Gasteiger partial charge in [-0.3, -0.25) is 9.69 Å². The van der Waals surface area contributed by atoms with Crippen molar-refractivity contribution in [2.45, 2.75) is 17.5 Å². The molecule has 1 N–H and O–H groups in total. The van der Waals surface area contributed by atoms with Crippen molar-refractivity contribution in [2.75, 3.05) is 26.2 Å². The quantitative estimate of drug-likeness (QED) is 0.580. The molecule has 1 atom stereocenters. The van der Waals surface area contributed by atoms with Crippen molar-refractivity contribution in [3.8, 4) is 0 Å². The van der Waals surface area contributed by atoms with Crippen molar-refractivity contribution < 1.29 is 17.6 Å². The molecule has 1 saturated heterocycles. The van der Waals surface area contributed by atoms with Crippen LogP contribution in [-0.4, -0.2) is 50.3 Å². The summed E-state index contributed by atoms with van der Waals surface area (Å²) in [4.78, 5) is 17.5. The lowest BCUT2D eigenvalue weighted by atomic mass is 10.1. The van der Waals surface area contributed by atoms with Crippen molar-refractivity contribution in [2.24, 2.45) is 0 Å². The van der Waals surface area contributed by atoms with Gasteiger partial charge < -0.3 is 4.90 Å². The molecule has 0 aromatic heterocycles. The van der Waals surface area contributed by atoms with Gasteiger partial charge in [-0.25, -0.2) is 12.8 Å². The molecule has 0 saturated carbocycles. The standard InChI is InChI=1S/C25H26FN3O3S/c26-22-13-11-20(12-14-22)19-28-15-17-29(18-16-28)25(30)24(21-7-3-1-4-8-21)27-33(31,32)23-9-5-2-6-10-23/h1-14,24,27H,15-19H2. The SMILES string of the molecule is O=C(C(NS(=O)(=O)c1ccccc1)c1ccccc1)N1CCN(Cc2ccc(F)cc2)CC1. The summed E-state index contributed by atoms with van der Waals surface area (Å²) in [6.07, 6.45) is 0. The molecule has 1 aliphatic heterocycles. The van der Waals surface area contributed by atoms with Crippen molar-refractivity contribution in [3.63, 3.8) is 0 Å². The Balaban J connectivity index is 1.46. The lowest BCUT2D eigenvalue weighted by molar-refractivity contribution is -0.135.